The van der Waals surface area contributed by atoms with E-state index in [1.165, 1.54) is 12.1 Å². The van der Waals surface area contributed by atoms with Gasteiger partial charge in [0.15, 0.2) is 0 Å². The van der Waals surface area contributed by atoms with Crippen LogP contribution in [-0.4, -0.2) is 17.6 Å². The molecule has 0 unspecified atom stereocenters. The van der Waals surface area contributed by atoms with Gasteiger partial charge in [0, 0.05) is 16.5 Å². The first-order chi connectivity index (χ1) is 11.5. The fourth-order valence-corrected chi connectivity index (χ4v) is 2.60. The van der Waals surface area contributed by atoms with Gasteiger partial charge in [0.25, 0.3) is 0 Å². The van der Waals surface area contributed by atoms with E-state index in [4.69, 9.17) is 16.3 Å². The van der Waals surface area contributed by atoms with Crippen LogP contribution in [0.4, 0.5) is 10.1 Å². The molecule has 1 fully saturated rings. The molecule has 2 aromatic carbocycles. The highest BCUT2D eigenvalue weighted by molar-refractivity contribution is 6.31. The molecular weight excluding hydrogens is 333 g/mol. The molecule has 2 aromatic rings. The fourth-order valence-electron chi connectivity index (χ4n) is 2.31. The van der Waals surface area contributed by atoms with Crippen molar-refractivity contribution in [3.8, 4) is 5.75 Å². The maximum atomic E-state index is 13.1. The van der Waals surface area contributed by atoms with Gasteiger partial charge in [-0.2, -0.15) is 0 Å². The van der Waals surface area contributed by atoms with Crippen LogP contribution in [0, 0.1) is 11.7 Å². The number of hydrogen-bond donors (Lipinski definition) is 2. The molecule has 0 saturated heterocycles. The van der Waals surface area contributed by atoms with E-state index in [1.807, 2.05) is 0 Å². The number of ether oxygens (including phenoxy) is 1. The Labute approximate surface area is 144 Å². The third-order valence-electron chi connectivity index (χ3n) is 3.81. The SMILES string of the molecule is O=C(Nc1ccccc1OC[C@@H](O)c1ccc(F)cc1Cl)C1CC1. The standard InChI is InChI=1S/C18H17ClFNO3/c19-14-9-12(20)7-8-13(14)16(22)10-24-17-4-2-1-3-15(17)21-18(23)11-5-6-11/h1-4,7-9,11,16,22H,5-6,10H2,(H,21,23)/t16-/m1/s1. The Morgan fingerprint density at radius 1 is 1.33 bits per heavy atom. The van der Waals surface area contributed by atoms with Gasteiger partial charge in [0.2, 0.25) is 5.91 Å². The first-order valence-electron chi connectivity index (χ1n) is 7.70. The van der Waals surface area contributed by atoms with E-state index in [-0.39, 0.29) is 23.5 Å². The molecule has 6 heteroatoms. The average Bonchev–Trinajstić information content (AvgIpc) is 3.38. The van der Waals surface area contributed by atoms with Gasteiger partial charge in [-0.3, -0.25) is 4.79 Å². The molecule has 1 aliphatic rings. The monoisotopic (exact) mass is 349 g/mol. The number of hydrogen-bond acceptors (Lipinski definition) is 3. The Bertz CT molecular complexity index is 749. The second-order valence-electron chi connectivity index (χ2n) is 5.75. The summed E-state index contributed by atoms with van der Waals surface area (Å²) in [6.07, 6.45) is 0.818. The molecule has 126 valence electrons. The van der Waals surface area contributed by atoms with Crippen molar-refractivity contribution in [3.63, 3.8) is 0 Å². The molecule has 0 radical (unpaired) electrons. The Morgan fingerprint density at radius 2 is 2.08 bits per heavy atom. The molecular formula is C18H17ClFNO3. The minimum absolute atomic E-state index is 0.0202. The molecule has 0 bridgehead atoms. The van der Waals surface area contributed by atoms with Crippen molar-refractivity contribution in [3.05, 3.63) is 58.9 Å². The highest BCUT2D eigenvalue weighted by Crippen LogP contribution is 2.32. The van der Waals surface area contributed by atoms with E-state index in [1.54, 1.807) is 24.3 Å². The third kappa shape index (κ3) is 4.04. The van der Waals surface area contributed by atoms with Crippen molar-refractivity contribution in [1.82, 2.24) is 0 Å². The number of carbonyl (C=O) groups is 1. The van der Waals surface area contributed by atoms with Gasteiger partial charge in [-0.05, 0) is 37.1 Å². The summed E-state index contributed by atoms with van der Waals surface area (Å²) in [4.78, 5) is 11.9. The number of carbonyl (C=O) groups excluding carboxylic acids is 1. The van der Waals surface area contributed by atoms with Crippen LogP contribution in [0.3, 0.4) is 0 Å². The van der Waals surface area contributed by atoms with E-state index in [9.17, 15) is 14.3 Å². The van der Waals surface area contributed by atoms with Gasteiger partial charge in [0.05, 0.1) is 5.69 Å². The van der Waals surface area contributed by atoms with Crippen LogP contribution < -0.4 is 10.1 Å². The van der Waals surface area contributed by atoms with Crippen LogP contribution in [0.15, 0.2) is 42.5 Å². The molecule has 1 amide bonds. The van der Waals surface area contributed by atoms with Gasteiger partial charge >= 0.3 is 0 Å². The van der Waals surface area contributed by atoms with Crippen LogP contribution >= 0.6 is 11.6 Å². The first kappa shape index (κ1) is 16.7. The highest BCUT2D eigenvalue weighted by Gasteiger charge is 2.30. The molecule has 2 N–H and O–H groups in total. The van der Waals surface area contributed by atoms with Crippen molar-refractivity contribution in [1.29, 1.82) is 0 Å². The van der Waals surface area contributed by atoms with Gasteiger partial charge in [0.1, 0.15) is 24.3 Å². The summed E-state index contributed by atoms with van der Waals surface area (Å²) in [6, 6.07) is 10.8. The van der Waals surface area contributed by atoms with Crippen LogP contribution in [0.2, 0.25) is 5.02 Å². The number of aliphatic hydroxyl groups is 1. The van der Waals surface area contributed by atoms with E-state index in [0.29, 0.717) is 17.0 Å². The van der Waals surface area contributed by atoms with Gasteiger partial charge < -0.3 is 15.2 Å². The molecule has 3 rings (SSSR count). The van der Waals surface area contributed by atoms with E-state index in [2.05, 4.69) is 5.32 Å². The van der Waals surface area contributed by atoms with Crippen LogP contribution in [-0.2, 0) is 4.79 Å². The first-order valence-corrected chi connectivity index (χ1v) is 8.08. The molecule has 0 aliphatic heterocycles. The molecule has 24 heavy (non-hydrogen) atoms. The lowest BCUT2D eigenvalue weighted by molar-refractivity contribution is -0.117. The summed E-state index contributed by atoms with van der Waals surface area (Å²) in [7, 11) is 0. The molecule has 1 saturated carbocycles. The Kier molecular flexibility index (Phi) is 5.02. The number of benzene rings is 2. The smallest absolute Gasteiger partial charge is 0.227 e. The average molecular weight is 350 g/mol. The van der Waals surface area contributed by atoms with E-state index in [0.717, 1.165) is 18.9 Å². The molecule has 0 spiro atoms. The van der Waals surface area contributed by atoms with E-state index >= 15 is 0 Å². The maximum Gasteiger partial charge on any atom is 0.227 e. The number of rotatable bonds is 6. The molecule has 1 atom stereocenters. The zero-order chi connectivity index (χ0) is 17.1. The zero-order valence-electron chi connectivity index (χ0n) is 12.8. The number of anilines is 1. The normalized spacial score (nSPS) is 15.0. The highest BCUT2D eigenvalue weighted by atomic mass is 35.5. The van der Waals surface area contributed by atoms with Crippen molar-refractivity contribution < 1.29 is 19.0 Å². The summed E-state index contributed by atoms with van der Waals surface area (Å²) >= 11 is 5.94. The topological polar surface area (TPSA) is 58.6 Å². The minimum atomic E-state index is -1.01. The van der Waals surface area contributed by atoms with Crippen molar-refractivity contribution in [2.45, 2.75) is 18.9 Å². The number of nitrogens with one attached hydrogen (secondary N) is 1. The predicted molar refractivity (Wildman–Crippen MR) is 89.7 cm³/mol. The summed E-state index contributed by atoms with van der Waals surface area (Å²) in [5, 5.41) is 13.2. The van der Waals surface area contributed by atoms with Gasteiger partial charge in [-0.1, -0.05) is 29.8 Å². The lowest BCUT2D eigenvalue weighted by Gasteiger charge is -2.16. The second-order valence-corrected chi connectivity index (χ2v) is 6.16. The van der Waals surface area contributed by atoms with E-state index < -0.39 is 11.9 Å². The molecule has 4 nitrogen and oxygen atoms in total. The predicted octanol–water partition coefficient (Wildman–Crippen LogP) is 3.94. The Hall–Kier alpha value is -2.11. The lowest BCUT2D eigenvalue weighted by atomic mass is 10.1. The Morgan fingerprint density at radius 3 is 2.79 bits per heavy atom. The summed E-state index contributed by atoms with van der Waals surface area (Å²) in [5.74, 6) is 0.0589. The Balaban J connectivity index is 1.66. The fraction of sp³-hybridized carbons (Fsp3) is 0.278. The largest absolute Gasteiger partial charge is 0.488 e. The number of aliphatic hydroxyl groups excluding tert-OH is 1. The van der Waals surface area contributed by atoms with Crippen LogP contribution in [0.5, 0.6) is 5.75 Å². The van der Waals surface area contributed by atoms with Crippen LogP contribution in [0.1, 0.15) is 24.5 Å². The zero-order valence-corrected chi connectivity index (χ0v) is 13.6. The molecule has 0 aromatic heterocycles. The summed E-state index contributed by atoms with van der Waals surface area (Å²) < 4.78 is 18.7. The second kappa shape index (κ2) is 7.20. The molecule has 1 aliphatic carbocycles. The minimum Gasteiger partial charge on any atom is -0.488 e. The quantitative estimate of drug-likeness (QED) is 0.830. The summed E-state index contributed by atoms with van der Waals surface area (Å²) in [5.41, 5.74) is 0.948. The maximum absolute atomic E-state index is 13.1. The number of halogens is 2. The van der Waals surface area contributed by atoms with Crippen molar-refractivity contribution in [2.24, 2.45) is 5.92 Å². The van der Waals surface area contributed by atoms with Gasteiger partial charge in [-0.15, -0.1) is 0 Å². The number of amides is 1. The summed E-state index contributed by atoms with van der Waals surface area (Å²) in [6.45, 7) is -0.0678. The lowest BCUT2D eigenvalue weighted by Crippen LogP contribution is -2.15. The van der Waals surface area contributed by atoms with Crippen LogP contribution in [0.25, 0.3) is 0 Å². The van der Waals surface area contributed by atoms with Gasteiger partial charge in [-0.25, -0.2) is 4.39 Å². The van der Waals surface area contributed by atoms with Crippen molar-refractivity contribution in [2.75, 3.05) is 11.9 Å². The molecule has 0 heterocycles. The third-order valence-corrected chi connectivity index (χ3v) is 4.14. The number of para-hydroxylation sites is 2. The van der Waals surface area contributed by atoms with Crippen molar-refractivity contribution >= 4 is 23.2 Å².